The monoisotopic (exact) mass is 324 g/mol. The fourth-order valence-corrected chi connectivity index (χ4v) is 2.13. The zero-order valence-corrected chi connectivity index (χ0v) is 13.0. The summed E-state index contributed by atoms with van der Waals surface area (Å²) in [6, 6.07) is 11.9. The number of rotatable bonds is 5. The van der Waals surface area contributed by atoms with E-state index < -0.39 is 17.3 Å². The van der Waals surface area contributed by atoms with Crippen LogP contribution in [0.15, 0.2) is 48.5 Å². The number of alkyl halides is 3. The number of ether oxygens (including phenoxy) is 1. The molecule has 1 N–H and O–H groups in total. The number of benzene rings is 2. The lowest BCUT2D eigenvalue weighted by molar-refractivity contribution is -0.137. The Morgan fingerprint density at radius 2 is 1.57 bits per heavy atom. The van der Waals surface area contributed by atoms with Crippen LogP contribution in [0.4, 0.5) is 13.2 Å². The van der Waals surface area contributed by atoms with Gasteiger partial charge in [0, 0.05) is 6.42 Å². The maximum Gasteiger partial charge on any atom is 0.417 e. The van der Waals surface area contributed by atoms with E-state index in [9.17, 15) is 18.3 Å². The van der Waals surface area contributed by atoms with Crippen LogP contribution >= 0.6 is 0 Å². The van der Waals surface area contributed by atoms with Crippen molar-refractivity contribution in [2.24, 2.45) is 0 Å². The Hall–Kier alpha value is -2.01. The molecule has 0 saturated carbocycles. The average Bonchev–Trinajstić information content (AvgIpc) is 2.46. The van der Waals surface area contributed by atoms with Crippen LogP contribution in [0.25, 0.3) is 11.1 Å². The summed E-state index contributed by atoms with van der Waals surface area (Å²) in [5.41, 5.74) is -0.850. The van der Waals surface area contributed by atoms with E-state index in [2.05, 4.69) is 0 Å². The minimum absolute atomic E-state index is 0.142. The largest absolute Gasteiger partial charge is 0.493 e. The smallest absolute Gasteiger partial charge is 0.417 e. The van der Waals surface area contributed by atoms with E-state index in [1.165, 1.54) is 12.1 Å². The first-order chi connectivity index (χ1) is 10.7. The molecule has 0 amide bonds. The lowest BCUT2D eigenvalue weighted by Crippen LogP contribution is -2.21. The average molecular weight is 324 g/mol. The Bertz CT molecular complexity index is 641. The summed E-state index contributed by atoms with van der Waals surface area (Å²) in [6.07, 6.45) is -3.93. The van der Waals surface area contributed by atoms with Gasteiger partial charge in [-0.1, -0.05) is 30.3 Å². The van der Waals surface area contributed by atoms with Gasteiger partial charge in [0.1, 0.15) is 5.75 Å². The van der Waals surface area contributed by atoms with Crippen molar-refractivity contribution in [2.75, 3.05) is 6.61 Å². The highest BCUT2D eigenvalue weighted by Gasteiger charge is 2.33. The standard InChI is InChI=1S/C18H19F3O2/c1-17(2,22)11-12-23-14-9-7-13(8-10-14)15-5-3-4-6-16(15)18(19,20)21/h3-10,22H,11-12H2,1-2H3. The SMILES string of the molecule is CC(C)(O)CCOc1ccc(-c2ccccc2C(F)(F)F)cc1. The van der Waals surface area contributed by atoms with E-state index in [0.717, 1.165) is 6.07 Å². The van der Waals surface area contributed by atoms with Crippen molar-refractivity contribution in [1.82, 2.24) is 0 Å². The van der Waals surface area contributed by atoms with Gasteiger partial charge in [-0.15, -0.1) is 0 Å². The summed E-state index contributed by atoms with van der Waals surface area (Å²) in [4.78, 5) is 0. The van der Waals surface area contributed by atoms with E-state index in [-0.39, 0.29) is 5.56 Å². The van der Waals surface area contributed by atoms with Gasteiger partial charge in [-0.05, 0) is 43.2 Å². The van der Waals surface area contributed by atoms with Crippen LogP contribution in [0, 0.1) is 0 Å². The molecule has 23 heavy (non-hydrogen) atoms. The van der Waals surface area contributed by atoms with Gasteiger partial charge < -0.3 is 9.84 Å². The van der Waals surface area contributed by atoms with E-state index in [1.807, 2.05) is 0 Å². The highest BCUT2D eigenvalue weighted by atomic mass is 19.4. The predicted molar refractivity (Wildman–Crippen MR) is 83.3 cm³/mol. The lowest BCUT2D eigenvalue weighted by Gasteiger charge is -2.17. The molecule has 2 rings (SSSR count). The van der Waals surface area contributed by atoms with Crippen LogP contribution in [0.5, 0.6) is 5.75 Å². The highest BCUT2D eigenvalue weighted by Crippen LogP contribution is 2.37. The summed E-state index contributed by atoms with van der Waals surface area (Å²) < 4.78 is 44.6. The minimum atomic E-state index is -4.39. The fourth-order valence-electron chi connectivity index (χ4n) is 2.13. The Morgan fingerprint density at radius 3 is 2.13 bits per heavy atom. The normalized spacial score (nSPS) is 12.3. The van der Waals surface area contributed by atoms with Gasteiger partial charge in [-0.25, -0.2) is 0 Å². The van der Waals surface area contributed by atoms with Gasteiger partial charge in [-0.2, -0.15) is 13.2 Å². The number of hydrogen-bond acceptors (Lipinski definition) is 2. The summed E-state index contributed by atoms with van der Waals surface area (Å²) >= 11 is 0. The van der Waals surface area contributed by atoms with Crippen LogP contribution in [0.2, 0.25) is 0 Å². The van der Waals surface area contributed by atoms with Gasteiger partial charge in [0.05, 0.1) is 17.8 Å². The van der Waals surface area contributed by atoms with Gasteiger partial charge >= 0.3 is 6.18 Å². The van der Waals surface area contributed by atoms with Crippen LogP contribution in [0.1, 0.15) is 25.8 Å². The Labute approximate surface area is 133 Å². The molecule has 0 spiro atoms. The fraction of sp³-hybridized carbons (Fsp3) is 0.333. The van der Waals surface area contributed by atoms with Gasteiger partial charge in [0.2, 0.25) is 0 Å². The maximum absolute atomic E-state index is 13.0. The van der Waals surface area contributed by atoms with Crippen LogP contribution < -0.4 is 4.74 Å². The Kier molecular flexibility index (Phi) is 5.00. The minimum Gasteiger partial charge on any atom is -0.493 e. The third-order valence-electron chi connectivity index (χ3n) is 3.38. The second kappa shape index (κ2) is 6.62. The summed E-state index contributed by atoms with van der Waals surface area (Å²) in [5, 5.41) is 9.61. The molecule has 0 unspecified atom stereocenters. The first kappa shape index (κ1) is 17.3. The number of aliphatic hydroxyl groups is 1. The third kappa shape index (κ3) is 4.99. The molecule has 0 saturated heterocycles. The van der Waals surface area contributed by atoms with E-state index >= 15 is 0 Å². The summed E-state index contributed by atoms with van der Waals surface area (Å²) in [5.74, 6) is 0.558. The van der Waals surface area contributed by atoms with Crippen molar-refractivity contribution in [3.05, 3.63) is 54.1 Å². The van der Waals surface area contributed by atoms with Crippen molar-refractivity contribution in [3.63, 3.8) is 0 Å². The topological polar surface area (TPSA) is 29.5 Å². The Balaban J connectivity index is 2.15. The van der Waals surface area contributed by atoms with E-state index in [4.69, 9.17) is 4.74 Å². The van der Waals surface area contributed by atoms with Crippen LogP contribution in [-0.2, 0) is 6.18 Å². The quantitative estimate of drug-likeness (QED) is 0.846. The Morgan fingerprint density at radius 1 is 0.957 bits per heavy atom. The lowest BCUT2D eigenvalue weighted by atomic mass is 9.99. The molecule has 0 aromatic heterocycles. The van der Waals surface area contributed by atoms with Crippen molar-refractivity contribution in [1.29, 1.82) is 0 Å². The molecule has 2 nitrogen and oxygen atoms in total. The molecule has 5 heteroatoms. The summed E-state index contributed by atoms with van der Waals surface area (Å²) in [7, 11) is 0. The zero-order chi connectivity index (χ0) is 17.1. The second-order valence-corrected chi connectivity index (χ2v) is 5.98. The maximum atomic E-state index is 13.0. The predicted octanol–water partition coefficient (Wildman–Crippen LogP) is 4.91. The van der Waals surface area contributed by atoms with Crippen molar-refractivity contribution in [3.8, 4) is 16.9 Å². The molecule has 0 atom stereocenters. The zero-order valence-electron chi connectivity index (χ0n) is 13.0. The molecule has 0 aliphatic rings. The second-order valence-electron chi connectivity index (χ2n) is 5.98. The highest BCUT2D eigenvalue weighted by molar-refractivity contribution is 5.68. The van der Waals surface area contributed by atoms with Crippen LogP contribution in [-0.4, -0.2) is 17.3 Å². The summed E-state index contributed by atoms with van der Waals surface area (Å²) in [6.45, 7) is 3.71. The van der Waals surface area contributed by atoms with Gasteiger partial charge in [0.15, 0.2) is 0 Å². The molecule has 0 aliphatic heterocycles. The first-order valence-corrected chi connectivity index (χ1v) is 7.29. The van der Waals surface area contributed by atoms with Gasteiger partial charge in [0.25, 0.3) is 0 Å². The third-order valence-corrected chi connectivity index (χ3v) is 3.38. The molecule has 2 aromatic carbocycles. The molecular weight excluding hydrogens is 305 g/mol. The van der Waals surface area contributed by atoms with Gasteiger partial charge in [-0.3, -0.25) is 0 Å². The molecule has 0 aliphatic carbocycles. The van der Waals surface area contributed by atoms with E-state index in [1.54, 1.807) is 44.2 Å². The molecule has 0 heterocycles. The molecule has 2 aromatic rings. The molecule has 0 radical (unpaired) electrons. The first-order valence-electron chi connectivity index (χ1n) is 7.29. The molecule has 0 bridgehead atoms. The van der Waals surface area contributed by atoms with Crippen molar-refractivity contribution in [2.45, 2.75) is 32.0 Å². The number of hydrogen-bond donors (Lipinski definition) is 1. The van der Waals surface area contributed by atoms with Crippen LogP contribution in [0.3, 0.4) is 0 Å². The molecular formula is C18H19F3O2. The molecule has 124 valence electrons. The van der Waals surface area contributed by atoms with E-state index in [0.29, 0.717) is 24.3 Å². The number of halogens is 3. The molecule has 0 fully saturated rings. The van der Waals surface area contributed by atoms with Crippen molar-refractivity contribution >= 4 is 0 Å². The van der Waals surface area contributed by atoms with Crippen molar-refractivity contribution < 1.29 is 23.0 Å².